The number of carbonyl (C=O) groups is 1. The van der Waals surface area contributed by atoms with Crippen molar-refractivity contribution in [1.29, 1.82) is 15.8 Å². The van der Waals surface area contributed by atoms with Crippen LogP contribution in [0.3, 0.4) is 0 Å². The molecule has 0 spiro atoms. The molecule has 5 nitrogen and oxygen atoms in total. The second-order valence-corrected chi connectivity index (χ2v) is 7.13. The van der Waals surface area contributed by atoms with Crippen molar-refractivity contribution in [2.24, 2.45) is 5.41 Å². The molecule has 0 N–H and O–H groups in total. The first-order valence-electron chi connectivity index (χ1n) is 7.30. The molecule has 0 saturated heterocycles. The van der Waals surface area contributed by atoms with Crippen molar-refractivity contribution in [2.45, 2.75) is 33.1 Å². The number of hydrogen-bond donors (Lipinski definition) is 0. The Bertz CT molecular complexity index is 737. The Balaban J connectivity index is 3.38. The van der Waals surface area contributed by atoms with E-state index in [-0.39, 0.29) is 16.6 Å². The lowest BCUT2D eigenvalue weighted by molar-refractivity contribution is -0.135. The van der Waals surface area contributed by atoms with Gasteiger partial charge in [-0.1, -0.05) is 25.5 Å². The van der Waals surface area contributed by atoms with Crippen LogP contribution in [0.15, 0.2) is 33.3 Å². The molecule has 0 atom stereocenters. The molecule has 0 fully saturated rings. The minimum absolute atomic E-state index is 0.0123. The number of carbonyl (C=O) groups excluding carboxylic acids is 1. The van der Waals surface area contributed by atoms with Gasteiger partial charge in [-0.2, -0.15) is 15.8 Å². The fourth-order valence-corrected chi connectivity index (χ4v) is 3.41. The second-order valence-electron chi connectivity index (χ2n) is 6.23. The van der Waals surface area contributed by atoms with Crippen molar-refractivity contribution in [1.82, 2.24) is 0 Å². The molecule has 0 heterocycles. The van der Waals surface area contributed by atoms with Gasteiger partial charge in [0.05, 0.1) is 7.11 Å². The summed E-state index contributed by atoms with van der Waals surface area (Å²) in [6.07, 6.45) is 5.49. The van der Waals surface area contributed by atoms with Gasteiger partial charge in [-0.3, -0.25) is 0 Å². The average Bonchev–Trinajstić information content (AvgIpc) is 2.53. The second kappa shape index (κ2) is 8.39. The van der Waals surface area contributed by atoms with Crippen LogP contribution in [0.5, 0.6) is 0 Å². The van der Waals surface area contributed by atoms with E-state index in [0.717, 1.165) is 12.0 Å². The van der Waals surface area contributed by atoms with Crippen molar-refractivity contribution in [2.75, 3.05) is 13.4 Å². The van der Waals surface area contributed by atoms with Crippen molar-refractivity contribution >= 4 is 17.7 Å². The van der Waals surface area contributed by atoms with Gasteiger partial charge >= 0.3 is 5.97 Å². The molecule has 1 rings (SSSR count). The molecule has 6 heteroatoms. The summed E-state index contributed by atoms with van der Waals surface area (Å²) < 4.78 is 4.69. The summed E-state index contributed by atoms with van der Waals surface area (Å²) in [5, 5.41) is 27.4. The van der Waals surface area contributed by atoms with Crippen LogP contribution in [0.1, 0.15) is 33.1 Å². The van der Waals surface area contributed by atoms with Crippen LogP contribution in [0.25, 0.3) is 0 Å². The third-order valence-electron chi connectivity index (χ3n) is 3.71. The standard InChI is InChI=1S/C18H19N3O2S/c1-18(2)7-12(6-16(24-4)14(9-19)10-20)5-13(8-18)15(11-21)17(22)23-3/h5H,6-8H2,1-4H3/b15-13+. The summed E-state index contributed by atoms with van der Waals surface area (Å²) >= 11 is 1.37. The molecule has 0 saturated carbocycles. The van der Waals surface area contributed by atoms with Crippen molar-refractivity contribution in [3.05, 3.63) is 33.3 Å². The molecule has 0 aromatic carbocycles. The zero-order valence-corrected chi connectivity index (χ0v) is 15.1. The van der Waals surface area contributed by atoms with E-state index in [0.29, 0.717) is 23.3 Å². The van der Waals surface area contributed by atoms with E-state index in [9.17, 15) is 10.1 Å². The van der Waals surface area contributed by atoms with Gasteiger partial charge in [-0.25, -0.2) is 4.79 Å². The number of allylic oxidation sites excluding steroid dienone is 5. The molecule has 0 unspecified atom stereocenters. The first kappa shape index (κ1) is 19.6. The third-order valence-corrected chi connectivity index (χ3v) is 4.55. The van der Waals surface area contributed by atoms with Crippen LogP contribution < -0.4 is 0 Å². The summed E-state index contributed by atoms with van der Waals surface area (Å²) in [6, 6.07) is 5.77. The van der Waals surface area contributed by atoms with Gasteiger partial charge in [-0.15, -0.1) is 11.8 Å². The van der Waals surface area contributed by atoms with Crippen molar-refractivity contribution in [3.63, 3.8) is 0 Å². The Morgan fingerprint density at radius 1 is 1.25 bits per heavy atom. The van der Waals surface area contributed by atoms with Crippen LogP contribution in [0.2, 0.25) is 0 Å². The Morgan fingerprint density at radius 2 is 1.88 bits per heavy atom. The maximum absolute atomic E-state index is 11.8. The van der Waals surface area contributed by atoms with Gasteiger partial charge in [0.2, 0.25) is 0 Å². The number of esters is 1. The lowest BCUT2D eigenvalue weighted by Crippen LogP contribution is -2.20. The Morgan fingerprint density at radius 3 is 2.33 bits per heavy atom. The molecular formula is C18H19N3O2S. The van der Waals surface area contributed by atoms with E-state index in [1.165, 1.54) is 18.9 Å². The highest BCUT2D eigenvalue weighted by Gasteiger charge is 2.29. The molecule has 0 aromatic heterocycles. The molecule has 0 aromatic rings. The zero-order chi connectivity index (χ0) is 18.3. The predicted octanol–water partition coefficient (Wildman–Crippen LogP) is 3.78. The van der Waals surface area contributed by atoms with Gasteiger partial charge in [0.15, 0.2) is 0 Å². The number of thioether (sulfide) groups is 1. The fourth-order valence-electron chi connectivity index (χ4n) is 2.78. The van der Waals surface area contributed by atoms with Crippen molar-refractivity contribution < 1.29 is 9.53 Å². The monoisotopic (exact) mass is 341 g/mol. The predicted molar refractivity (Wildman–Crippen MR) is 92.1 cm³/mol. The molecule has 0 radical (unpaired) electrons. The Kier molecular flexibility index (Phi) is 6.83. The number of nitriles is 3. The Hall–Kier alpha value is -2.49. The van der Waals surface area contributed by atoms with E-state index in [1.807, 2.05) is 30.5 Å². The van der Waals surface area contributed by atoms with E-state index in [4.69, 9.17) is 10.5 Å². The molecule has 24 heavy (non-hydrogen) atoms. The molecule has 0 amide bonds. The average molecular weight is 341 g/mol. The highest BCUT2D eigenvalue weighted by Crippen LogP contribution is 2.42. The fraction of sp³-hybridized carbons (Fsp3) is 0.444. The lowest BCUT2D eigenvalue weighted by Gasteiger charge is -2.32. The summed E-state index contributed by atoms with van der Waals surface area (Å²) in [5.41, 5.74) is 1.62. The number of rotatable bonds is 4. The smallest absolute Gasteiger partial charge is 0.348 e. The molecule has 0 aliphatic heterocycles. The van der Waals surface area contributed by atoms with E-state index >= 15 is 0 Å². The van der Waals surface area contributed by atoms with Gasteiger partial charge in [0.1, 0.15) is 29.4 Å². The van der Waals surface area contributed by atoms with Crippen LogP contribution in [-0.4, -0.2) is 19.3 Å². The lowest BCUT2D eigenvalue weighted by atomic mass is 9.73. The van der Waals surface area contributed by atoms with Gasteiger partial charge in [0.25, 0.3) is 0 Å². The van der Waals surface area contributed by atoms with E-state index in [2.05, 4.69) is 18.6 Å². The zero-order valence-electron chi connectivity index (χ0n) is 14.3. The van der Waals surface area contributed by atoms with Gasteiger partial charge in [0, 0.05) is 11.3 Å². The SMILES string of the molecule is COC(=O)/C(C#N)=C1\C=C(CC(SC)=C(C#N)C#N)CC(C)(C)C1. The topological polar surface area (TPSA) is 97.7 Å². The highest BCUT2D eigenvalue weighted by atomic mass is 32.2. The third kappa shape index (κ3) is 4.75. The first-order valence-corrected chi connectivity index (χ1v) is 8.52. The van der Waals surface area contributed by atoms with Crippen LogP contribution in [0.4, 0.5) is 0 Å². The minimum atomic E-state index is -0.642. The normalized spacial score (nSPS) is 17.5. The van der Waals surface area contributed by atoms with Gasteiger partial charge < -0.3 is 4.74 Å². The van der Waals surface area contributed by atoms with Crippen molar-refractivity contribution in [3.8, 4) is 18.2 Å². The summed E-state index contributed by atoms with van der Waals surface area (Å²) in [7, 11) is 1.25. The van der Waals surface area contributed by atoms with E-state index < -0.39 is 5.97 Å². The number of nitrogens with zero attached hydrogens (tertiary/aromatic N) is 3. The summed E-state index contributed by atoms with van der Waals surface area (Å²) in [5.74, 6) is -0.642. The van der Waals surface area contributed by atoms with Crippen LogP contribution >= 0.6 is 11.8 Å². The number of methoxy groups -OCH3 is 1. The molecule has 124 valence electrons. The minimum Gasteiger partial charge on any atom is -0.465 e. The molecule has 1 aliphatic rings. The maximum Gasteiger partial charge on any atom is 0.348 e. The van der Waals surface area contributed by atoms with Gasteiger partial charge in [-0.05, 0) is 30.1 Å². The van der Waals surface area contributed by atoms with E-state index in [1.54, 1.807) is 0 Å². The highest BCUT2D eigenvalue weighted by molar-refractivity contribution is 8.02. The maximum atomic E-state index is 11.8. The molecule has 1 aliphatic carbocycles. The largest absolute Gasteiger partial charge is 0.465 e. The Labute approximate surface area is 146 Å². The van der Waals surface area contributed by atoms with Crippen LogP contribution in [0, 0.1) is 39.4 Å². The quantitative estimate of drug-likeness (QED) is 0.438. The first-order chi connectivity index (χ1) is 11.3. The molecular weight excluding hydrogens is 322 g/mol. The number of ether oxygens (including phenoxy) is 1. The van der Waals surface area contributed by atoms with Crippen LogP contribution in [-0.2, 0) is 9.53 Å². The summed E-state index contributed by atoms with van der Waals surface area (Å²) in [4.78, 5) is 12.5. The molecule has 0 bridgehead atoms. The number of hydrogen-bond acceptors (Lipinski definition) is 6. The summed E-state index contributed by atoms with van der Waals surface area (Å²) in [6.45, 7) is 4.12.